The summed E-state index contributed by atoms with van der Waals surface area (Å²) in [6.45, 7) is 3.97. The number of amides is 1. The quantitative estimate of drug-likeness (QED) is 0.596. The van der Waals surface area contributed by atoms with Gasteiger partial charge in [0.15, 0.2) is 5.82 Å². The van der Waals surface area contributed by atoms with Crippen molar-refractivity contribution < 1.29 is 4.79 Å². The van der Waals surface area contributed by atoms with Crippen molar-refractivity contribution in [3.05, 3.63) is 46.7 Å². The van der Waals surface area contributed by atoms with E-state index in [1.165, 1.54) is 0 Å². The van der Waals surface area contributed by atoms with Gasteiger partial charge in [0.05, 0.1) is 5.02 Å². The minimum absolute atomic E-state index is 0.170. The van der Waals surface area contributed by atoms with Crippen LogP contribution in [0.15, 0.2) is 30.5 Å². The number of hydrogen-bond donors (Lipinski definition) is 3. The van der Waals surface area contributed by atoms with E-state index in [1.807, 2.05) is 13.8 Å². The van der Waals surface area contributed by atoms with Crippen LogP contribution in [-0.4, -0.2) is 15.9 Å². The largest absolute Gasteiger partial charge is 0.308 e. The molecule has 0 saturated carbocycles. The molecule has 4 N–H and O–H groups in total. The Bertz CT molecular complexity index is 660. The lowest BCUT2D eigenvalue weighted by Crippen LogP contribution is -2.16. The number of hydrogen-bond acceptors (Lipinski definition) is 5. The lowest BCUT2D eigenvalue weighted by atomic mass is 10.1. The minimum Gasteiger partial charge on any atom is -0.308 e. The fourth-order valence-corrected chi connectivity index (χ4v) is 1.88. The molecular weight excluding hydrogens is 290 g/mol. The minimum atomic E-state index is -0.323. The summed E-state index contributed by atoms with van der Waals surface area (Å²) in [5.41, 5.74) is 3.66. The number of nitrogen functional groups attached to an aromatic ring is 1. The molecule has 7 heteroatoms. The van der Waals surface area contributed by atoms with Gasteiger partial charge in [0.25, 0.3) is 5.91 Å². The molecule has 110 valence electrons. The number of carbonyl (C=O) groups is 1. The van der Waals surface area contributed by atoms with E-state index >= 15 is 0 Å². The third kappa shape index (κ3) is 3.68. The highest BCUT2D eigenvalue weighted by Gasteiger charge is 2.13. The molecule has 0 unspecified atom stereocenters. The van der Waals surface area contributed by atoms with Crippen molar-refractivity contribution in [1.82, 2.24) is 9.97 Å². The van der Waals surface area contributed by atoms with Gasteiger partial charge >= 0.3 is 0 Å². The molecule has 2 heterocycles. The van der Waals surface area contributed by atoms with Crippen LogP contribution < -0.4 is 16.6 Å². The maximum absolute atomic E-state index is 12.3. The first-order chi connectivity index (χ1) is 10.0. The summed E-state index contributed by atoms with van der Waals surface area (Å²) >= 11 is 5.97. The molecule has 2 aromatic heterocycles. The lowest BCUT2D eigenvalue weighted by molar-refractivity contribution is 0.102. The molecular formula is C14H16ClN5O. The van der Waals surface area contributed by atoms with Crippen LogP contribution in [0.2, 0.25) is 5.02 Å². The van der Waals surface area contributed by atoms with Crippen molar-refractivity contribution >= 4 is 29.1 Å². The predicted octanol–water partition coefficient (Wildman–Crippen LogP) is 2.79. The summed E-state index contributed by atoms with van der Waals surface area (Å²) in [5.74, 6) is 5.98. The highest BCUT2D eigenvalue weighted by Crippen LogP contribution is 2.21. The molecule has 0 atom stereocenters. The van der Waals surface area contributed by atoms with Crippen LogP contribution in [0.3, 0.4) is 0 Å². The normalized spacial score (nSPS) is 10.5. The van der Waals surface area contributed by atoms with Crippen LogP contribution in [0.25, 0.3) is 0 Å². The highest BCUT2D eigenvalue weighted by atomic mass is 35.5. The van der Waals surface area contributed by atoms with E-state index in [-0.39, 0.29) is 11.8 Å². The second kappa shape index (κ2) is 6.51. The molecule has 0 aromatic carbocycles. The Hall–Kier alpha value is -2.18. The van der Waals surface area contributed by atoms with Crippen molar-refractivity contribution in [3.8, 4) is 0 Å². The van der Waals surface area contributed by atoms with Gasteiger partial charge in [-0.2, -0.15) is 0 Å². The highest BCUT2D eigenvalue weighted by molar-refractivity contribution is 6.33. The SMILES string of the molecule is CC(C)c1cc(C(=O)Nc2ncccc2Cl)cc(NN)n1. The summed E-state index contributed by atoms with van der Waals surface area (Å²) < 4.78 is 0. The number of aromatic nitrogens is 2. The Morgan fingerprint density at radius 1 is 1.38 bits per heavy atom. The number of hydrazine groups is 1. The van der Waals surface area contributed by atoms with Gasteiger partial charge in [-0.05, 0) is 30.2 Å². The van der Waals surface area contributed by atoms with Crippen molar-refractivity contribution in [2.45, 2.75) is 19.8 Å². The molecule has 0 aliphatic carbocycles. The number of nitrogens with two attached hydrogens (primary N) is 1. The number of rotatable bonds is 4. The first-order valence-corrected chi connectivity index (χ1v) is 6.79. The van der Waals surface area contributed by atoms with Gasteiger partial charge in [0.2, 0.25) is 0 Å². The summed E-state index contributed by atoms with van der Waals surface area (Å²) in [6.07, 6.45) is 1.56. The molecule has 0 aliphatic heterocycles. The summed E-state index contributed by atoms with van der Waals surface area (Å²) in [7, 11) is 0. The van der Waals surface area contributed by atoms with E-state index in [0.29, 0.717) is 22.2 Å². The van der Waals surface area contributed by atoms with Crippen LogP contribution in [0, 0.1) is 0 Å². The molecule has 21 heavy (non-hydrogen) atoms. The van der Waals surface area contributed by atoms with E-state index in [4.69, 9.17) is 17.4 Å². The van der Waals surface area contributed by atoms with Gasteiger partial charge in [-0.1, -0.05) is 25.4 Å². The average molecular weight is 306 g/mol. The van der Waals surface area contributed by atoms with Crippen LogP contribution in [0.4, 0.5) is 11.6 Å². The first-order valence-electron chi connectivity index (χ1n) is 6.41. The van der Waals surface area contributed by atoms with Crippen LogP contribution in [-0.2, 0) is 0 Å². The topological polar surface area (TPSA) is 92.9 Å². The van der Waals surface area contributed by atoms with Gasteiger partial charge in [-0.3, -0.25) is 4.79 Å². The summed E-state index contributed by atoms with van der Waals surface area (Å²) in [4.78, 5) is 20.6. The van der Waals surface area contributed by atoms with Gasteiger partial charge in [-0.25, -0.2) is 15.8 Å². The lowest BCUT2D eigenvalue weighted by Gasteiger charge is -2.11. The Balaban J connectivity index is 2.30. The van der Waals surface area contributed by atoms with Gasteiger partial charge < -0.3 is 10.7 Å². The molecule has 1 amide bonds. The molecule has 0 fully saturated rings. The fraction of sp³-hybridized carbons (Fsp3) is 0.214. The number of nitrogens with zero attached hydrogens (tertiary/aromatic N) is 2. The van der Waals surface area contributed by atoms with Crippen molar-refractivity contribution in [3.63, 3.8) is 0 Å². The molecule has 0 saturated heterocycles. The molecule has 0 bridgehead atoms. The van der Waals surface area contributed by atoms with Crippen molar-refractivity contribution in [1.29, 1.82) is 0 Å². The van der Waals surface area contributed by atoms with E-state index in [0.717, 1.165) is 5.69 Å². The van der Waals surface area contributed by atoms with Crippen molar-refractivity contribution in [2.24, 2.45) is 5.84 Å². The maximum atomic E-state index is 12.3. The zero-order valence-electron chi connectivity index (χ0n) is 11.7. The maximum Gasteiger partial charge on any atom is 0.257 e. The second-order valence-corrected chi connectivity index (χ2v) is 5.16. The Labute approximate surface area is 127 Å². The van der Waals surface area contributed by atoms with E-state index in [9.17, 15) is 4.79 Å². The number of anilines is 2. The zero-order valence-corrected chi connectivity index (χ0v) is 12.5. The molecule has 6 nitrogen and oxygen atoms in total. The van der Waals surface area contributed by atoms with E-state index in [1.54, 1.807) is 30.5 Å². The smallest absolute Gasteiger partial charge is 0.257 e. The van der Waals surface area contributed by atoms with Crippen LogP contribution >= 0.6 is 11.6 Å². The Kier molecular flexibility index (Phi) is 4.72. The zero-order chi connectivity index (χ0) is 15.4. The van der Waals surface area contributed by atoms with Gasteiger partial charge in [0, 0.05) is 17.5 Å². The second-order valence-electron chi connectivity index (χ2n) is 4.75. The molecule has 2 rings (SSSR count). The average Bonchev–Trinajstić information content (AvgIpc) is 2.49. The van der Waals surface area contributed by atoms with Crippen LogP contribution in [0.5, 0.6) is 0 Å². The van der Waals surface area contributed by atoms with E-state index < -0.39 is 0 Å². The van der Waals surface area contributed by atoms with Gasteiger partial charge in [-0.15, -0.1) is 0 Å². The molecule has 0 spiro atoms. The van der Waals surface area contributed by atoms with E-state index in [2.05, 4.69) is 20.7 Å². The van der Waals surface area contributed by atoms with Crippen LogP contribution in [0.1, 0.15) is 35.8 Å². The number of halogens is 1. The third-order valence-corrected chi connectivity index (χ3v) is 3.14. The monoisotopic (exact) mass is 305 g/mol. The standard InChI is InChI=1S/C14H16ClN5O/c1-8(2)11-6-9(7-12(18-11)20-16)14(21)19-13-10(15)4-3-5-17-13/h3-8H,16H2,1-2H3,(H,18,20)(H,17,19,21). The Morgan fingerprint density at radius 2 is 2.14 bits per heavy atom. The number of carbonyl (C=O) groups excluding carboxylic acids is 1. The summed E-state index contributed by atoms with van der Waals surface area (Å²) in [6, 6.07) is 6.64. The fourth-order valence-electron chi connectivity index (χ4n) is 1.71. The summed E-state index contributed by atoms with van der Waals surface area (Å²) in [5, 5.41) is 3.04. The molecule has 0 radical (unpaired) electrons. The number of pyridine rings is 2. The third-order valence-electron chi connectivity index (χ3n) is 2.84. The first kappa shape index (κ1) is 15.2. The predicted molar refractivity (Wildman–Crippen MR) is 83.3 cm³/mol. The number of nitrogens with one attached hydrogen (secondary N) is 2. The van der Waals surface area contributed by atoms with Crippen molar-refractivity contribution in [2.75, 3.05) is 10.7 Å². The Morgan fingerprint density at radius 3 is 2.76 bits per heavy atom. The molecule has 2 aromatic rings. The molecule has 0 aliphatic rings. The van der Waals surface area contributed by atoms with Gasteiger partial charge in [0.1, 0.15) is 5.82 Å².